The number of hydrogen-bond donors (Lipinski definition) is 3. The van der Waals surface area contributed by atoms with E-state index in [1.165, 1.54) is 17.3 Å². The molecule has 2 aromatic carbocycles. The van der Waals surface area contributed by atoms with Crippen molar-refractivity contribution in [2.75, 3.05) is 10.6 Å². The van der Waals surface area contributed by atoms with Crippen LogP contribution in [0.5, 0.6) is 5.75 Å². The third-order valence-corrected chi connectivity index (χ3v) is 11.0. The summed E-state index contributed by atoms with van der Waals surface area (Å²) in [4.78, 5) is 9.33. The van der Waals surface area contributed by atoms with E-state index in [4.69, 9.17) is 16.3 Å². The summed E-state index contributed by atoms with van der Waals surface area (Å²) in [6, 6.07) is 8.95. The van der Waals surface area contributed by atoms with Gasteiger partial charge in [-0.3, -0.25) is 0 Å². The molecule has 17 heteroatoms. The van der Waals surface area contributed by atoms with Gasteiger partial charge >= 0.3 is 0 Å². The second-order valence-corrected chi connectivity index (χ2v) is 18.6. The predicted molar refractivity (Wildman–Crippen MR) is 207 cm³/mol. The molecule has 0 bridgehead atoms. The molecule has 3 aromatic rings. The van der Waals surface area contributed by atoms with Gasteiger partial charge in [0.25, 0.3) is 0 Å². The van der Waals surface area contributed by atoms with Gasteiger partial charge in [-0.2, -0.15) is 4.98 Å². The summed E-state index contributed by atoms with van der Waals surface area (Å²) >= 11 is 6.54. The molecule has 1 fully saturated rings. The molecule has 0 saturated carbocycles. The van der Waals surface area contributed by atoms with E-state index in [2.05, 4.69) is 78.1 Å². The minimum Gasteiger partial charge on any atom is -0.495 e. The van der Waals surface area contributed by atoms with Crippen LogP contribution in [0, 0.1) is 6.92 Å². The molecule has 0 atom stereocenters. The average molecular weight is 641 g/mol. The largest absolute Gasteiger partial charge is 0.495 e. The van der Waals surface area contributed by atoms with Gasteiger partial charge in [0, 0.05) is 4.65 Å². The number of nitrogens with zero attached hydrogens (tertiary/aromatic N) is 2. The van der Waals surface area contributed by atoms with Crippen molar-refractivity contribution in [3.63, 3.8) is 0 Å². The van der Waals surface area contributed by atoms with Gasteiger partial charge in [-0.05, 0) is 74.0 Å². The molecule has 232 valence electrons. The average Bonchev–Trinajstić information content (AvgIpc) is 2.87. The Bertz CT molecular complexity index is 1700. The van der Waals surface area contributed by atoms with Gasteiger partial charge < -0.3 is 20.7 Å². The lowest BCUT2D eigenvalue weighted by Crippen LogP contribution is -2.64. The zero-order valence-electron chi connectivity index (χ0n) is 28.9. The number of anilines is 4. The minimum atomic E-state index is -3.65. The number of halogens is 1. The Balaban J connectivity index is 1.76. The quantitative estimate of drug-likeness (QED) is 0.240. The van der Waals surface area contributed by atoms with Crippen molar-refractivity contribution in [3.8, 4) is 5.75 Å². The van der Waals surface area contributed by atoms with E-state index in [0.29, 0.717) is 17.6 Å². The summed E-state index contributed by atoms with van der Waals surface area (Å²) < 4.78 is 32.3. The van der Waals surface area contributed by atoms with E-state index in [9.17, 15) is 8.42 Å². The molecule has 1 saturated heterocycles. The van der Waals surface area contributed by atoms with Gasteiger partial charge in [-0.15, -0.1) is 0 Å². The zero-order chi connectivity index (χ0) is 33.8. The lowest BCUT2D eigenvalue weighted by molar-refractivity contribution is 0.199. The van der Waals surface area contributed by atoms with Crippen LogP contribution >= 0.6 is 11.6 Å². The van der Waals surface area contributed by atoms with Crippen LogP contribution in [0.1, 0.15) is 57.6 Å². The molecule has 0 radical (unpaired) electrons. The molecule has 1 aromatic heterocycles. The van der Waals surface area contributed by atoms with E-state index in [1.807, 2.05) is 21.7 Å². The van der Waals surface area contributed by atoms with Crippen molar-refractivity contribution >= 4 is 105 Å². The number of ether oxygens (including phenoxy) is 1. The summed E-state index contributed by atoms with van der Waals surface area (Å²) in [6.45, 7) is 9.59. The molecule has 0 unspecified atom stereocenters. The molecular weight excluding hydrogens is 598 g/mol. The molecule has 0 amide bonds. The van der Waals surface area contributed by atoms with Crippen LogP contribution in [0.3, 0.4) is 0 Å². The standard InChI is InChI=1S/C28H43B7ClN5O3S/c1-14-16(15-11-27(32,33)41-28(34,35)12-15)10-19(44-25(2,3)30)22(21(14)29)39-24-37-13-17(36)23(40-24)38-18-8-6-7-9-20(18)45(42,43)26(4,5)31/h6-10,13,15,41H,11-12,29-35H2,1-5H3,(H2,37,38,39,40). The van der Waals surface area contributed by atoms with Gasteiger partial charge in [-0.25, -0.2) is 13.4 Å². The van der Waals surface area contributed by atoms with Crippen LogP contribution in [0.2, 0.25) is 5.02 Å². The first kappa shape index (κ1) is 35.4. The van der Waals surface area contributed by atoms with Crippen LogP contribution in [0.4, 0.5) is 23.1 Å². The van der Waals surface area contributed by atoms with Crippen LogP contribution in [0.25, 0.3) is 0 Å². The van der Waals surface area contributed by atoms with Crippen molar-refractivity contribution in [2.24, 2.45) is 0 Å². The third kappa shape index (κ3) is 8.12. The molecule has 2 heterocycles. The number of sulfone groups is 1. The third-order valence-electron chi connectivity index (χ3n) is 8.17. The zero-order valence-corrected chi connectivity index (χ0v) is 30.4. The Labute approximate surface area is 280 Å². The maximum atomic E-state index is 13.4. The first-order valence-corrected chi connectivity index (χ1v) is 17.4. The first-order chi connectivity index (χ1) is 20.5. The molecule has 45 heavy (non-hydrogen) atoms. The topological polar surface area (TPSA) is 105 Å². The fourth-order valence-corrected chi connectivity index (χ4v) is 7.80. The second-order valence-electron chi connectivity index (χ2n) is 15.6. The van der Waals surface area contributed by atoms with Crippen LogP contribution in [0.15, 0.2) is 41.4 Å². The van der Waals surface area contributed by atoms with E-state index in [-0.39, 0.29) is 26.4 Å². The highest BCUT2D eigenvalue weighted by molar-refractivity contribution is 7.94. The Morgan fingerprint density at radius 2 is 1.64 bits per heavy atom. The van der Waals surface area contributed by atoms with Crippen molar-refractivity contribution in [2.45, 2.75) is 79.1 Å². The second kappa shape index (κ2) is 12.3. The maximum Gasteiger partial charge on any atom is 0.229 e. The van der Waals surface area contributed by atoms with Crippen molar-refractivity contribution in [1.29, 1.82) is 0 Å². The van der Waals surface area contributed by atoms with Crippen LogP contribution in [-0.4, -0.2) is 94.1 Å². The van der Waals surface area contributed by atoms with E-state index in [0.717, 1.165) is 29.7 Å². The summed E-state index contributed by atoms with van der Waals surface area (Å²) in [5.41, 5.74) is 4.26. The highest BCUT2D eigenvalue weighted by atomic mass is 35.5. The van der Waals surface area contributed by atoms with Gasteiger partial charge in [0.2, 0.25) is 5.95 Å². The number of benzene rings is 2. The van der Waals surface area contributed by atoms with Gasteiger partial charge in [0.05, 0.1) is 28.0 Å². The Kier molecular flexibility index (Phi) is 9.69. The highest BCUT2D eigenvalue weighted by Gasteiger charge is 2.39. The SMILES string of the molecule is Bc1c(C)c(C2CC(B)(B)NC(B)(B)C2)cc(OC(B)(C)C)c1Nc1ncc(Cl)c(Nc2ccccc2S(=O)(=O)C(B)(C)C)n1. The minimum absolute atomic E-state index is 0.000109. The number of rotatable bonds is 9. The lowest BCUT2D eigenvalue weighted by Gasteiger charge is -2.48. The number of nitrogens with one attached hydrogen (secondary N) is 3. The van der Waals surface area contributed by atoms with Gasteiger partial charge in [0.1, 0.15) is 57.8 Å². The Morgan fingerprint density at radius 3 is 2.22 bits per heavy atom. The van der Waals surface area contributed by atoms with E-state index >= 15 is 0 Å². The molecule has 0 aliphatic carbocycles. The number of piperidine rings is 1. The van der Waals surface area contributed by atoms with E-state index < -0.39 is 20.0 Å². The number of aromatic nitrogens is 2. The summed E-state index contributed by atoms with van der Waals surface area (Å²) in [6.07, 6.45) is 3.53. The molecule has 1 aliphatic heterocycles. The Hall–Kier alpha value is -2.43. The monoisotopic (exact) mass is 641 g/mol. The predicted octanol–water partition coefficient (Wildman–Crippen LogP) is -1.62. The molecular formula is C28H43B7ClN5O3S. The summed E-state index contributed by atoms with van der Waals surface area (Å²) in [7, 11) is 11.2. The van der Waals surface area contributed by atoms with Crippen molar-refractivity contribution in [3.05, 3.63) is 52.7 Å². The molecule has 3 N–H and O–H groups in total. The molecule has 4 rings (SSSR count). The summed E-state index contributed by atoms with van der Waals surface area (Å²) in [5, 5.41) is 10.6. The Morgan fingerprint density at radius 1 is 1.04 bits per heavy atom. The van der Waals surface area contributed by atoms with Gasteiger partial charge in [0.15, 0.2) is 23.5 Å². The van der Waals surface area contributed by atoms with Crippen molar-refractivity contribution < 1.29 is 13.2 Å². The van der Waals surface area contributed by atoms with Crippen molar-refractivity contribution in [1.82, 2.24) is 15.3 Å². The first-order valence-electron chi connectivity index (χ1n) is 15.5. The molecule has 8 nitrogen and oxygen atoms in total. The fourth-order valence-electron chi connectivity index (χ4n) is 6.33. The maximum absolute atomic E-state index is 13.4. The normalized spacial score (nSPS) is 17.0. The number of hydrogen-bond acceptors (Lipinski definition) is 8. The highest BCUT2D eigenvalue weighted by Crippen LogP contribution is 2.41. The molecule has 1 aliphatic rings. The van der Waals surface area contributed by atoms with Gasteiger partial charge in [-0.1, -0.05) is 48.6 Å². The smallest absolute Gasteiger partial charge is 0.229 e. The summed E-state index contributed by atoms with van der Waals surface area (Å²) in [5.74, 6) is 1.67. The van der Waals surface area contributed by atoms with E-state index in [1.54, 1.807) is 46.0 Å². The number of para-hydroxylation sites is 1. The fraction of sp³-hybridized carbons (Fsp3) is 0.429. The lowest BCUT2D eigenvalue weighted by atomic mass is 9.46. The molecule has 0 spiro atoms. The van der Waals surface area contributed by atoms with Crippen LogP contribution < -0.4 is 26.2 Å². The van der Waals surface area contributed by atoms with Crippen LogP contribution in [-0.2, 0) is 9.84 Å².